The lowest BCUT2D eigenvalue weighted by atomic mass is 10.1. The fourth-order valence-corrected chi connectivity index (χ4v) is 1.85. The Morgan fingerprint density at radius 1 is 1.50 bits per heavy atom. The minimum absolute atomic E-state index is 0.160. The standard InChI is InChI=1S/C11H12F2N2O3/c12-8-1-2-9(15(16)17)11(10(8)13)14-5-7-3-4-18-6-7/h1-2,7,14H,3-6H2. The minimum Gasteiger partial charge on any atom is -0.381 e. The van der Waals surface area contributed by atoms with E-state index in [-0.39, 0.29) is 5.92 Å². The molecule has 18 heavy (non-hydrogen) atoms. The second-order valence-electron chi connectivity index (χ2n) is 4.12. The molecule has 0 aromatic heterocycles. The number of benzene rings is 1. The van der Waals surface area contributed by atoms with Gasteiger partial charge in [0.25, 0.3) is 5.69 Å². The second kappa shape index (κ2) is 5.26. The van der Waals surface area contributed by atoms with E-state index in [0.717, 1.165) is 18.6 Å². The van der Waals surface area contributed by atoms with E-state index in [1.54, 1.807) is 0 Å². The van der Waals surface area contributed by atoms with Crippen LogP contribution in [0, 0.1) is 27.7 Å². The molecule has 1 unspecified atom stereocenters. The van der Waals surface area contributed by atoms with Crippen LogP contribution in [0.15, 0.2) is 12.1 Å². The number of hydrogen-bond donors (Lipinski definition) is 1. The molecule has 1 aliphatic rings. The SMILES string of the molecule is O=[N+]([O-])c1ccc(F)c(F)c1NCC1CCOC1. The molecule has 1 heterocycles. The van der Waals surface area contributed by atoms with E-state index >= 15 is 0 Å². The summed E-state index contributed by atoms with van der Waals surface area (Å²) in [5.41, 5.74) is -0.861. The lowest BCUT2D eigenvalue weighted by molar-refractivity contribution is -0.384. The molecule has 1 aliphatic heterocycles. The van der Waals surface area contributed by atoms with Crippen LogP contribution in [0.4, 0.5) is 20.2 Å². The molecule has 1 fully saturated rings. The van der Waals surface area contributed by atoms with E-state index in [9.17, 15) is 18.9 Å². The van der Waals surface area contributed by atoms with Crippen molar-refractivity contribution >= 4 is 11.4 Å². The third kappa shape index (κ3) is 2.56. The number of hydrogen-bond acceptors (Lipinski definition) is 4. The number of nitrogens with one attached hydrogen (secondary N) is 1. The van der Waals surface area contributed by atoms with Crippen molar-refractivity contribution in [2.45, 2.75) is 6.42 Å². The number of nitrogens with zero attached hydrogens (tertiary/aromatic N) is 1. The molecule has 0 amide bonds. The van der Waals surface area contributed by atoms with Gasteiger partial charge in [-0.1, -0.05) is 0 Å². The summed E-state index contributed by atoms with van der Waals surface area (Å²) in [6.07, 6.45) is 0.803. The number of nitro groups is 1. The molecule has 1 saturated heterocycles. The Labute approximate surface area is 102 Å². The predicted molar refractivity (Wildman–Crippen MR) is 60.4 cm³/mol. The molecule has 7 heteroatoms. The van der Waals surface area contributed by atoms with Crippen LogP contribution in [-0.4, -0.2) is 24.7 Å². The first-order valence-corrected chi connectivity index (χ1v) is 5.53. The summed E-state index contributed by atoms with van der Waals surface area (Å²) in [6.45, 7) is 1.47. The van der Waals surface area contributed by atoms with E-state index in [1.165, 1.54) is 0 Å². The smallest absolute Gasteiger partial charge is 0.295 e. The van der Waals surface area contributed by atoms with Crippen molar-refractivity contribution < 1.29 is 18.4 Å². The number of rotatable bonds is 4. The van der Waals surface area contributed by atoms with Gasteiger partial charge in [0.1, 0.15) is 0 Å². The summed E-state index contributed by atoms with van der Waals surface area (Å²) in [5.74, 6) is -2.17. The van der Waals surface area contributed by atoms with Gasteiger partial charge in [0.2, 0.25) is 0 Å². The number of anilines is 1. The van der Waals surface area contributed by atoms with Crippen LogP contribution in [-0.2, 0) is 4.74 Å². The average molecular weight is 258 g/mol. The van der Waals surface area contributed by atoms with Crippen molar-refractivity contribution in [3.8, 4) is 0 Å². The molecule has 1 aromatic carbocycles. The lowest BCUT2D eigenvalue weighted by Gasteiger charge is -2.11. The molecule has 0 spiro atoms. The maximum Gasteiger partial charge on any atom is 0.295 e. The first-order chi connectivity index (χ1) is 8.59. The Kier molecular flexibility index (Phi) is 3.71. The maximum atomic E-state index is 13.5. The van der Waals surface area contributed by atoms with E-state index < -0.39 is 27.9 Å². The molecule has 1 atom stereocenters. The number of halogens is 2. The molecule has 1 N–H and O–H groups in total. The van der Waals surface area contributed by atoms with Gasteiger partial charge < -0.3 is 10.1 Å². The van der Waals surface area contributed by atoms with Crippen molar-refractivity contribution in [1.29, 1.82) is 0 Å². The van der Waals surface area contributed by atoms with Crippen molar-refractivity contribution in [3.63, 3.8) is 0 Å². The summed E-state index contributed by atoms with van der Waals surface area (Å²) in [6, 6.07) is 1.70. The third-order valence-electron chi connectivity index (χ3n) is 2.86. The van der Waals surface area contributed by atoms with Gasteiger partial charge in [-0.25, -0.2) is 8.78 Å². The molecule has 0 radical (unpaired) electrons. The van der Waals surface area contributed by atoms with Crippen LogP contribution in [0.5, 0.6) is 0 Å². The molecule has 98 valence electrons. The first-order valence-electron chi connectivity index (χ1n) is 5.53. The van der Waals surface area contributed by atoms with Crippen LogP contribution in [0.25, 0.3) is 0 Å². The van der Waals surface area contributed by atoms with E-state index in [4.69, 9.17) is 4.74 Å². The fourth-order valence-electron chi connectivity index (χ4n) is 1.85. The summed E-state index contributed by atoms with van der Waals surface area (Å²) >= 11 is 0. The Hall–Kier alpha value is -1.76. The third-order valence-corrected chi connectivity index (χ3v) is 2.86. The maximum absolute atomic E-state index is 13.5. The fraction of sp³-hybridized carbons (Fsp3) is 0.455. The van der Waals surface area contributed by atoms with Crippen molar-refractivity contribution in [2.24, 2.45) is 5.92 Å². The largest absolute Gasteiger partial charge is 0.381 e. The van der Waals surface area contributed by atoms with Gasteiger partial charge in [0.05, 0.1) is 11.5 Å². The summed E-state index contributed by atoms with van der Waals surface area (Å²) < 4.78 is 31.7. The van der Waals surface area contributed by atoms with Gasteiger partial charge in [-0.15, -0.1) is 0 Å². The highest BCUT2D eigenvalue weighted by Gasteiger charge is 2.23. The zero-order valence-corrected chi connectivity index (χ0v) is 9.49. The minimum atomic E-state index is -1.22. The molecule has 0 aliphatic carbocycles. The van der Waals surface area contributed by atoms with Gasteiger partial charge >= 0.3 is 0 Å². The Morgan fingerprint density at radius 3 is 2.89 bits per heavy atom. The second-order valence-corrected chi connectivity index (χ2v) is 4.12. The predicted octanol–water partition coefficient (Wildman–Crippen LogP) is 2.32. The number of nitro benzene ring substituents is 1. The lowest BCUT2D eigenvalue weighted by Crippen LogP contribution is -2.16. The Bertz CT molecular complexity index is 462. The molecule has 5 nitrogen and oxygen atoms in total. The van der Waals surface area contributed by atoms with Gasteiger partial charge in [0.15, 0.2) is 17.3 Å². The molecule has 2 rings (SSSR count). The zero-order valence-electron chi connectivity index (χ0n) is 9.49. The van der Waals surface area contributed by atoms with Gasteiger partial charge in [-0.3, -0.25) is 10.1 Å². The highest BCUT2D eigenvalue weighted by Crippen LogP contribution is 2.29. The topological polar surface area (TPSA) is 64.4 Å². The molecule has 1 aromatic rings. The molecular weight excluding hydrogens is 246 g/mol. The van der Waals surface area contributed by atoms with Crippen LogP contribution >= 0.6 is 0 Å². The summed E-state index contributed by atoms with van der Waals surface area (Å²) in [4.78, 5) is 9.99. The van der Waals surface area contributed by atoms with E-state index in [1.807, 2.05) is 0 Å². The first kappa shape index (κ1) is 12.7. The average Bonchev–Trinajstić information content (AvgIpc) is 2.83. The molecule has 0 saturated carbocycles. The van der Waals surface area contributed by atoms with E-state index in [0.29, 0.717) is 19.8 Å². The van der Waals surface area contributed by atoms with E-state index in [2.05, 4.69) is 5.32 Å². The Morgan fingerprint density at radius 2 is 2.28 bits per heavy atom. The highest BCUT2D eigenvalue weighted by molar-refractivity contribution is 5.62. The quantitative estimate of drug-likeness (QED) is 0.665. The highest BCUT2D eigenvalue weighted by atomic mass is 19.2. The summed E-state index contributed by atoms with van der Waals surface area (Å²) in [7, 11) is 0. The number of ether oxygens (including phenoxy) is 1. The Balaban J connectivity index is 2.18. The van der Waals surface area contributed by atoms with Crippen LogP contribution in [0.1, 0.15) is 6.42 Å². The van der Waals surface area contributed by atoms with Crippen molar-refractivity contribution in [2.75, 3.05) is 25.1 Å². The van der Waals surface area contributed by atoms with Crippen LogP contribution in [0.2, 0.25) is 0 Å². The summed E-state index contributed by atoms with van der Waals surface area (Å²) in [5, 5.41) is 13.3. The molecular formula is C11H12F2N2O3. The van der Waals surface area contributed by atoms with Crippen molar-refractivity contribution in [1.82, 2.24) is 0 Å². The van der Waals surface area contributed by atoms with Gasteiger partial charge in [0, 0.05) is 25.1 Å². The van der Waals surface area contributed by atoms with Crippen LogP contribution in [0.3, 0.4) is 0 Å². The van der Waals surface area contributed by atoms with Gasteiger partial charge in [-0.2, -0.15) is 0 Å². The molecule has 0 bridgehead atoms. The zero-order chi connectivity index (χ0) is 13.1. The van der Waals surface area contributed by atoms with Gasteiger partial charge in [-0.05, 0) is 12.5 Å². The normalized spacial score (nSPS) is 18.9. The van der Waals surface area contributed by atoms with Crippen LogP contribution < -0.4 is 5.32 Å². The van der Waals surface area contributed by atoms with Crippen molar-refractivity contribution in [3.05, 3.63) is 33.9 Å². The monoisotopic (exact) mass is 258 g/mol.